The summed E-state index contributed by atoms with van der Waals surface area (Å²) in [6.45, 7) is 0.462. The van der Waals surface area contributed by atoms with Crippen LogP contribution in [0.15, 0.2) is 47.2 Å². The first-order chi connectivity index (χ1) is 11.0. The van der Waals surface area contributed by atoms with Crippen molar-refractivity contribution in [2.24, 2.45) is 0 Å². The summed E-state index contributed by atoms with van der Waals surface area (Å²) in [5.41, 5.74) is 2.01. The summed E-state index contributed by atoms with van der Waals surface area (Å²) in [6, 6.07) is 11.5. The lowest BCUT2D eigenvalue weighted by atomic mass is 10.1. The van der Waals surface area contributed by atoms with Gasteiger partial charge in [0.05, 0.1) is 17.9 Å². The molecule has 0 N–H and O–H groups in total. The van der Waals surface area contributed by atoms with Gasteiger partial charge in [0.15, 0.2) is 9.84 Å². The van der Waals surface area contributed by atoms with Crippen molar-refractivity contribution >= 4 is 27.1 Å². The van der Waals surface area contributed by atoms with Gasteiger partial charge >= 0.3 is 0 Å². The van der Waals surface area contributed by atoms with E-state index in [-0.39, 0.29) is 23.5 Å². The summed E-state index contributed by atoms with van der Waals surface area (Å²) in [5, 5.41) is 3.91. The van der Waals surface area contributed by atoms with Crippen LogP contribution in [0.2, 0.25) is 0 Å². The lowest BCUT2D eigenvalue weighted by Gasteiger charge is -2.28. The Morgan fingerprint density at radius 1 is 1.17 bits per heavy atom. The topological polar surface area (TPSA) is 54.5 Å². The molecule has 1 aliphatic heterocycles. The molecule has 23 heavy (non-hydrogen) atoms. The Balaban J connectivity index is 1.79. The van der Waals surface area contributed by atoms with E-state index in [2.05, 4.69) is 0 Å². The minimum atomic E-state index is -3.02. The highest BCUT2D eigenvalue weighted by molar-refractivity contribution is 7.91. The standard InChI is InChI=1S/C17H19NO3S2/c19-17(10-15-6-8-22-12-15)18(11-14-4-2-1-3-5-14)16-7-9-23(20,21)13-16/h1-6,8,12,16H,7,9-11,13H2/t16-/m1/s1. The molecule has 2 aromatic rings. The lowest BCUT2D eigenvalue weighted by Crippen LogP contribution is -2.41. The molecule has 1 saturated heterocycles. The minimum Gasteiger partial charge on any atom is -0.334 e. The van der Waals surface area contributed by atoms with E-state index in [0.29, 0.717) is 19.4 Å². The first-order valence-electron chi connectivity index (χ1n) is 7.58. The van der Waals surface area contributed by atoms with Crippen LogP contribution in [0.5, 0.6) is 0 Å². The van der Waals surface area contributed by atoms with E-state index < -0.39 is 9.84 Å². The molecule has 0 aliphatic carbocycles. The average Bonchev–Trinajstić information content (AvgIpc) is 3.15. The van der Waals surface area contributed by atoms with Crippen molar-refractivity contribution in [3.63, 3.8) is 0 Å². The minimum absolute atomic E-state index is 0.00523. The van der Waals surface area contributed by atoms with Gasteiger partial charge in [0.2, 0.25) is 5.91 Å². The van der Waals surface area contributed by atoms with E-state index in [9.17, 15) is 13.2 Å². The molecule has 1 aromatic heterocycles. The molecule has 0 saturated carbocycles. The predicted octanol–water partition coefficient (Wildman–Crippen LogP) is 2.51. The third kappa shape index (κ3) is 4.20. The Bertz CT molecular complexity index is 754. The van der Waals surface area contributed by atoms with Crippen molar-refractivity contribution in [1.82, 2.24) is 4.90 Å². The summed E-state index contributed by atoms with van der Waals surface area (Å²) >= 11 is 1.56. The van der Waals surface area contributed by atoms with Crippen LogP contribution in [0.4, 0.5) is 0 Å². The van der Waals surface area contributed by atoms with Gasteiger partial charge in [0.1, 0.15) is 0 Å². The molecule has 0 unspecified atom stereocenters. The molecule has 2 heterocycles. The SMILES string of the molecule is O=C(Cc1ccsc1)N(Cc1ccccc1)[C@@H]1CCS(=O)(=O)C1. The first-order valence-corrected chi connectivity index (χ1v) is 10.3. The summed E-state index contributed by atoms with van der Waals surface area (Å²) in [6.07, 6.45) is 0.859. The monoisotopic (exact) mass is 349 g/mol. The number of carbonyl (C=O) groups is 1. The molecule has 122 valence electrons. The van der Waals surface area contributed by atoms with E-state index in [4.69, 9.17) is 0 Å². The zero-order valence-electron chi connectivity index (χ0n) is 12.7. The summed E-state index contributed by atoms with van der Waals surface area (Å²) in [7, 11) is -3.02. The summed E-state index contributed by atoms with van der Waals surface area (Å²) < 4.78 is 23.6. The quantitative estimate of drug-likeness (QED) is 0.833. The third-order valence-electron chi connectivity index (χ3n) is 4.10. The maximum atomic E-state index is 12.7. The van der Waals surface area contributed by atoms with Crippen LogP contribution >= 0.6 is 11.3 Å². The van der Waals surface area contributed by atoms with Crippen LogP contribution in [0.25, 0.3) is 0 Å². The predicted molar refractivity (Wildman–Crippen MR) is 92.1 cm³/mol. The molecule has 1 aromatic carbocycles. The van der Waals surface area contributed by atoms with Crippen molar-refractivity contribution in [3.8, 4) is 0 Å². The molecule has 3 rings (SSSR count). The number of nitrogens with zero attached hydrogens (tertiary/aromatic N) is 1. The van der Waals surface area contributed by atoms with Gasteiger partial charge in [-0.1, -0.05) is 30.3 Å². The fraction of sp³-hybridized carbons (Fsp3) is 0.353. The number of thiophene rings is 1. The van der Waals surface area contributed by atoms with Crippen LogP contribution in [0, 0.1) is 0 Å². The molecule has 1 aliphatic rings. The first kappa shape index (κ1) is 16.2. The molecule has 0 radical (unpaired) electrons. The highest BCUT2D eigenvalue weighted by Crippen LogP contribution is 2.21. The van der Waals surface area contributed by atoms with Gasteiger partial charge in [-0.2, -0.15) is 11.3 Å². The van der Waals surface area contributed by atoms with Crippen LogP contribution < -0.4 is 0 Å². The number of carbonyl (C=O) groups excluding carboxylic acids is 1. The fourth-order valence-corrected chi connectivity index (χ4v) is 5.29. The molecule has 4 nitrogen and oxygen atoms in total. The molecule has 0 bridgehead atoms. The van der Waals surface area contributed by atoms with E-state index >= 15 is 0 Å². The van der Waals surface area contributed by atoms with Crippen LogP contribution in [0.1, 0.15) is 17.5 Å². The van der Waals surface area contributed by atoms with E-state index in [1.165, 1.54) is 0 Å². The Kier molecular flexibility index (Phi) is 4.82. The molecule has 0 spiro atoms. The van der Waals surface area contributed by atoms with Gasteiger partial charge in [-0.3, -0.25) is 4.79 Å². The second-order valence-electron chi connectivity index (χ2n) is 5.87. The van der Waals surface area contributed by atoms with Crippen LogP contribution in [-0.4, -0.2) is 36.8 Å². The highest BCUT2D eigenvalue weighted by atomic mass is 32.2. The lowest BCUT2D eigenvalue weighted by molar-refractivity contribution is -0.133. The van der Waals surface area contributed by atoms with Gasteiger partial charge in [0.25, 0.3) is 0 Å². The molecular weight excluding hydrogens is 330 g/mol. The fourth-order valence-electron chi connectivity index (χ4n) is 2.89. The van der Waals surface area contributed by atoms with Gasteiger partial charge in [-0.05, 0) is 34.4 Å². The van der Waals surface area contributed by atoms with Crippen molar-refractivity contribution in [2.45, 2.75) is 25.4 Å². The number of benzene rings is 1. The number of sulfone groups is 1. The average molecular weight is 349 g/mol. The number of hydrogen-bond acceptors (Lipinski definition) is 4. The maximum absolute atomic E-state index is 12.7. The zero-order valence-corrected chi connectivity index (χ0v) is 14.4. The molecule has 1 atom stereocenters. The Morgan fingerprint density at radius 2 is 1.96 bits per heavy atom. The number of rotatable bonds is 5. The maximum Gasteiger partial charge on any atom is 0.227 e. The van der Waals surface area contributed by atoms with E-state index in [1.807, 2.05) is 47.2 Å². The number of amides is 1. The van der Waals surface area contributed by atoms with Gasteiger partial charge in [-0.15, -0.1) is 0 Å². The largest absolute Gasteiger partial charge is 0.334 e. The molecular formula is C17H19NO3S2. The second-order valence-corrected chi connectivity index (χ2v) is 8.88. The number of hydrogen-bond donors (Lipinski definition) is 0. The normalized spacial score (nSPS) is 19.6. The smallest absolute Gasteiger partial charge is 0.227 e. The Morgan fingerprint density at radius 3 is 2.57 bits per heavy atom. The van der Waals surface area contributed by atoms with Gasteiger partial charge in [0, 0.05) is 12.6 Å². The van der Waals surface area contributed by atoms with Crippen molar-refractivity contribution in [1.29, 1.82) is 0 Å². The Labute approximate surface area is 140 Å². The van der Waals surface area contributed by atoms with Crippen LogP contribution in [-0.2, 0) is 27.6 Å². The van der Waals surface area contributed by atoms with Crippen molar-refractivity contribution in [2.75, 3.05) is 11.5 Å². The second kappa shape index (κ2) is 6.84. The van der Waals surface area contributed by atoms with Gasteiger partial charge < -0.3 is 4.90 Å². The third-order valence-corrected chi connectivity index (χ3v) is 6.58. The summed E-state index contributed by atoms with van der Waals surface area (Å²) in [4.78, 5) is 14.5. The van der Waals surface area contributed by atoms with E-state index in [1.54, 1.807) is 16.2 Å². The molecule has 1 amide bonds. The van der Waals surface area contributed by atoms with Crippen LogP contribution in [0.3, 0.4) is 0 Å². The molecule has 6 heteroatoms. The van der Waals surface area contributed by atoms with Crippen molar-refractivity contribution in [3.05, 3.63) is 58.3 Å². The molecule has 1 fully saturated rings. The Hall–Kier alpha value is -1.66. The van der Waals surface area contributed by atoms with E-state index in [0.717, 1.165) is 11.1 Å². The highest BCUT2D eigenvalue weighted by Gasteiger charge is 2.34. The van der Waals surface area contributed by atoms with Gasteiger partial charge in [-0.25, -0.2) is 8.42 Å². The summed E-state index contributed by atoms with van der Waals surface area (Å²) in [5.74, 6) is 0.249. The van der Waals surface area contributed by atoms with Crippen molar-refractivity contribution < 1.29 is 13.2 Å². The zero-order chi connectivity index (χ0) is 16.3.